The van der Waals surface area contributed by atoms with Crippen LogP contribution in [0.5, 0.6) is 0 Å². The van der Waals surface area contributed by atoms with E-state index >= 15 is 0 Å². The Bertz CT molecular complexity index is 533. The number of hydrogen-bond donors (Lipinski definition) is 2. The first-order valence-corrected chi connectivity index (χ1v) is 6.45. The van der Waals surface area contributed by atoms with Gasteiger partial charge in [0.2, 0.25) is 5.91 Å². The lowest BCUT2D eigenvalue weighted by Gasteiger charge is -2.20. The van der Waals surface area contributed by atoms with E-state index in [9.17, 15) is 22.8 Å². The zero-order valence-corrected chi connectivity index (χ0v) is 13.3. The number of nitrogens with one attached hydrogen (secondary N) is 1. The van der Waals surface area contributed by atoms with Gasteiger partial charge in [0.25, 0.3) is 0 Å². The van der Waals surface area contributed by atoms with Crippen molar-refractivity contribution in [2.24, 2.45) is 5.73 Å². The molecule has 1 rings (SSSR count). The monoisotopic (exact) mass is 354 g/mol. The third-order valence-electron chi connectivity index (χ3n) is 2.97. The van der Waals surface area contributed by atoms with Crippen LogP contribution in [0.25, 0.3) is 0 Å². The number of methoxy groups -OCH3 is 1. The molecule has 130 valence electrons. The van der Waals surface area contributed by atoms with E-state index in [4.69, 9.17) is 5.73 Å². The number of amides is 1. The van der Waals surface area contributed by atoms with Crippen LogP contribution in [0, 0.1) is 0 Å². The Morgan fingerprint density at radius 1 is 1.26 bits per heavy atom. The average molecular weight is 355 g/mol. The van der Waals surface area contributed by atoms with Crippen molar-refractivity contribution in [2.75, 3.05) is 7.11 Å². The normalized spacial score (nSPS) is 13.5. The van der Waals surface area contributed by atoms with Crippen LogP contribution in [0.1, 0.15) is 30.5 Å². The summed E-state index contributed by atoms with van der Waals surface area (Å²) in [5, 5.41) is 2.51. The van der Waals surface area contributed by atoms with E-state index in [-0.39, 0.29) is 18.8 Å². The lowest BCUT2D eigenvalue weighted by Crippen LogP contribution is -2.41. The van der Waals surface area contributed by atoms with Gasteiger partial charge in [-0.3, -0.25) is 9.59 Å². The number of hydrogen-bond acceptors (Lipinski definition) is 4. The summed E-state index contributed by atoms with van der Waals surface area (Å²) >= 11 is 0. The molecule has 0 fully saturated rings. The molecule has 1 aromatic rings. The number of esters is 1. The minimum Gasteiger partial charge on any atom is -0.469 e. The Kier molecular flexibility index (Phi) is 8.05. The summed E-state index contributed by atoms with van der Waals surface area (Å²) in [5.74, 6) is -1.12. The summed E-state index contributed by atoms with van der Waals surface area (Å²) in [4.78, 5) is 23.0. The summed E-state index contributed by atoms with van der Waals surface area (Å²) < 4.78 is 42.1. The van der Waals surface area contributed by atoms with Crippen LogP contribution in [-0.2, 0) is 20.5 Å². The standard InChI is InChI=1S/C14H17F3N2O3.ClH/c1-8(18)13(21)19-11(7-12(20)22-2)9-3-5-10(6-4-9)14(15,16)17;/h3-6,8,11H,7,18H2,1-2H3,(H,19,21);1H. The highest BCUT2D eigenvalue weighted by Crippen LogP contribution is 2.30. The molecule has 0 bridgehead atoms. The van der Waals surface area contributed by atoms with Crippen LogP contribution >= 0.6 is 12.4 Å². The summed E-state index contributed by atoms with van der Waals surface area (Å²) in [7, 11) is 1.18. The van der Waals surface area contributed by atoms with E-state index in [1.807, 2.05) is 0 Å². The average Bonchev–Trinajstić information content (AvgIpc) is 2.45. The topological polar surface area (TPSA) is 81.4 Å². The molecule has 1 aromatic carbocycles. The molecule has 3 N–H and O–H groups in total. The molecule has 0 heterocycles. The molecule has 5 nitrogen and oxygen atoms in total. The quantitative estimate of drug-likeness (QED) is 0.794. The molecule has 2 atom stereocenters. The Morgan fingerprint density at radius 2 is 1.78 bits per heavy atom. The number of halogens is 4. The Hall–Kier alpha value is -1.80. The van der Waals surface area contributed by atoms with Gasteiger partial charge in [-0.05, 0) is 24.6 Å². The van der Waals surface area contributed by atoms with Crippen LogP contribution in [0.15, 0.2) is 24.3 Å². The van der Waals surface area contributed by atoms with Crippen molar-refractivity contribution in [3.05, 3.63) is 35.4 Å². The van der Waals surface area contributed by atoms with E-state index in [1.165, 1.54) is 26.2 Å². The first-order chi connectivity index (χ1) is 10.1. The number of carbonyl (C=O) groups is 2. The molecule has 23 heavy (non-hydrogen) atoms. The maximum Gasteiger partial charge on any atom is 0.416 e. The van der Waals surface area contributed by atoms with E-state index in [0.717, 1.165) is 12.1 Å². The van der Waals surface area contributed by atoms with Crippen LogP contribution in [0.2, 0.25) is 0 Å². The highest BCUT2D eigenvalue weighted by Gasteiger charge is 2.30. The van der Waals surface area contributed by atoms with Gasteiger partial charge in [0.1, 0.15) is 0 Å². The second-order valence-electron chi connectivity index (χ2n) is 4.75. The van der Waals surface area contributed by atoms with Crippen molar-refractivity contribution in [1.82, 2.24) is 5.32 Å². The van der Waals surface area contributed by atoms with Gasteiger partial charge in [-0.2, -0.15) is 13.2 Å². The summed E-state index contributed by atoms with van der Waals surface area (Å²) in [5.41, 5.74) is 4.97. The third-order valence-corrected chi connectivity index (χ3v) is 2.97. The molecular weight excluding hydrogens is 337 g/mol. The van der Waals surface area contributed by atoms with Gasteiger partial charge in [0.05, 0.1) is 31.2 Å². The summed E-state index contributed by atoms with van der Waals surface area (Å²) in [6.45, 7) is 1.46. The molecule has 0 aromatic heterocycles. The first-order valence-electron chi connectivity index (χ1n) is 6.45. The molecule has 0 aliphatic heterocycles. The van der Waals surface area contributed by atoms with Gasteiger partial charge in [-0.15, -0.1) is 12.4 Å². The molecule has 1 amide bonds. The van der Waals surface area contributed by atoms with Crippen molar-refractivity contribution in [3.63, 3.8) is 0 Å². The predicted octanol–water partition coefficient (Wildman–Crippen LogP) is 2.19. The Balaban J connectivity index is 0.00000484. The van der Waals surface area contributed by atoms with Gasteiger partial charge < -0.3 is 15.8 Å². The largest absolute Gasteiger partial charge is 0.469 e. The fourth-order valence-electron chi connectivity index (χ4n) is 1.71. The fraction of sp³-hybridized carbons (Fsp3) is 0.429. The molecule has 0 radical (unpaired) electrons. The van der Waals surface area contributed by atoms with E-state index < -0.39 is 35.7 Å². The Morgan fingerprint density at radius 3 is 2.17 bits per heavy atom. The van der Waals surface area contributed by atoms with E-state index in [1.54, 1.807) is 0 Å². The van der Waals surface area contributed by atoms with Gasteiger partial charge in [-0.1, -0.05) is 12.1 Å². The summed E-state index contributed by atoms with van der Waals surface area (Å²) in [6, 6.07) is 2.56. The van der Waals surface area contributed by atoms with Crippen molar-refractivity contribution in [1.29, 1.82) is 0 Å². The van der Waals surface area contributed by atoms with Crippen molar-refractivity contribution < 1.29 is 27.5 Å². The van der Waals surface area contributed by atoms with Crippen LogP contribution < -0.4 is 11.1 Å². The Labute approximate surface area is 137 Å². The zero-order valence-electron chi connectivity index (χ0n) is 12.5. The molecule has 0 aliphatic rings. The predicted molar refractivity (Wildman–Crippen MR) is 79.9 cm³/mol. The molecule has 0 spiro atoms. The maximum atomic E-state index is 12.5. The van der Waals surface area contributed by atoms with E-state index in [0.29, 0.717) is 5.56 Å². The second kappa shape index (κ2) is 8.73. The number of carbonyl (C=O) groups excluding carboxylic acids is 2. The number of rotatable bonds is 5. The third kappa shape index (κ3) is 6.45. The van der Waals surface area contributed by atoms with Crippen LogP contribution in [-0.4, -0.2) is 25.0 Å². The lowest BCUT2D eigenvalue weighted by molar-refractivity contribution is -0.141. The smallest absolute Gasteiger partial charge is 0.416 e. The zero-order chi connectivity index (χ0) is 16.9. The first kappa shape index (κ1) is 21.2. The van der Waals surface area contributed by atoms with Crippen molar-refractivity contribution in [2.45, 2.75) is 31.6 Å². The number of alkyl halides is 3. The van der Waals surface area contributed by atoms with E-state index in [2.05, 4.69) is 10.1 Å². The minimum absolute atomic E-state index is 0. The van der Waals surface area contributed by atoms with Gasteiger partial charge in [-0.25, -0.2) is 0 Å². The SMILES string of the molecule is COC(=O)CC(NC(=O)C(C)N)c1ccc(C(F)(F)F)cc1.Cl. The molecule has 0 saturated heterocycles. The van der Waals surface area contributed by atoms with Crippen molar-refractivity contribution >= 4 is 24.3 Å². The molecule has 9 heteroatoms. The van der Waals surface area contributed by atoms with Crippen LogP contribution in [0.4, 0.5) is 13.2 Å². The lowest BCUT2D eigenvalue weighted by atomic mass is 10.0. The maximum absolute atomic E-state index is 12.5. The number of benzene rings is 1. The number of nitrogens with two attached hydrogens (primary N) is 1. The highest BCUT2D eigenvalue weighted by molar-refractivity contribution is 5.85. The van der Waals surface area contributed by atoms with Crippen LogP contribution in [0.3, 0.4) is 0 Å². The van der Waals surface area contributed by atoms with Crippen molar-refractivity contribution in [3.8, 4) is 0 Å². The van der Waals surface area contributed by atoms with Gasteiger partial charge in [0.15, 0.2) is 0 Å². The molecule has 2 unspecified atom stereocenters. The fourth-order valence-corrected chi connectivity index (χ4v) is 1.71. The second-order valence-corrected chi connectivity index (χ2v) is 4.75. The minimum atomic E-state index is -4.45. The molecule has 0 aliphatic carbocycles. The number of ether oxygens (including phenoxy) is 1. The summed E-state index contributed by atoms with van der Waals surface area (Å²) in [6.07, 6.45) is -4.66. The van der Waals surface area contributed by atoms with Gasteiger partial charge >= 0.3 is 12.1 Å². The van der Waals surface area contributed by atoms with Gasteiger partial charge in [0, 0.05) is 0 Å². The highest BCUT2D eigenvalue weighted by atomic mass is 35.5. The molecular formula is C14H18ClF3N2O3. The molecule has 0 saturated carbocycles.